The Morgan fingerprint density at radius 1 is 1.37 bits per heavy atom. The van der Waals surface area contributed by atoms with Gasteiger partial charge in [-0.2, -0.15) is 5.26 Å². The van der Waals surface area contributed by atoms with Crippen LogP contribution in [-0.4, -0.2) is 9.55 Å². The Balaban J connectivity index is 2.55. The van der Waals surface area contributed by atoms with E-state index in [2.05, 4.69) is 24.9 Å². The lowest BCUT2D eigenvalue weighted by Crippen LogP contribution is -2.20. The van der Waals surface area contributed by atoms with Crippen LogP contribution in [0.1, 0.15) is 36.7 Å². The summed E-state index contributed by atoms with van der Waals surface area (Å²) in [5.41, 5.74) is 9.87. The van der Waals surface area contributed by atoms with Crippen LogP contribution in [0, 0.1) is 24.2 Å². The Labute approximate surface area is 113 Å². The molecule has 2 aromatic rings. The van der Waals surface area contributed by atoms with Gasteiger partial charge in [-0.3, -0.25) is 0 Å². The van der Waals surface area contributed by atoms with Crippen molar-refractivity contribution in [2.24, 2.45) is 11.7 Å². The third kappa shape index (κ3) is 2.51. The minimum absolute atomic E-state index is 0.0763. The van der Waals surface area contributed by atoms with Crippen LogP contribution >= 0.6 is 0 Å². The first-order valence-corrected chi connectivity index (χ1v) is 6.33. The zero-order valence-electron chi connectivity index (χ0n) is 11.5. The Morgan fingerprint density at radius 2 is 2.11 bits per heavy atom. The first kappa shape index (κ1) is 13.3. The first-order valence-electron chi connectivity index (χ1n) is 6.33. The van der Waals surface area contributed by atoms with Gasteiger partial charge in [0.05, 0.1) is 35.5 Å². The predicted molar refractivity (Wildman–Crippen MR) is 74.8 cm³/mol. The highest BCUT2D eigenvalue weighted by Crippen LogP contribution is 2.24. The van der Waals surface area contributed by atoms with Crippen LogP contribution in [0.25, 0.3) is 5.69 Å². The fourth-order valence-electron chi connectivity index (χ4n) is 2.03. The molecule has 0 bridgehead atoms. The van der Waals surface area contributed by atoms with E-state index >= 15 is 0 Å². The lowest BCUT2D eigenvalue weighted by atomic mass is 10.0. The van der Waals surface area contributed by atoms with Crippen molar-refractivity contribution in [2.45, 2.75) is 26.8 Å². The van der Waals surface area contributed by atoms with Gasteiger partial charge in [-0.25, -0.2) is 4.98 Å². The number of nitrogens with zero attached hydrogens (tertiary/aromatic N) is 3. The highest BCUT2D eigenvalue weighted by atomic mass is 15.1. The van der Waals surface area contributed by atoms with Crippen molar-refractivity contribution in [1.82, 2.24) is 9.55 Å². The van der Waals surface area contributed by atoms with Crippen LogP contribution in [0.3, 0.4) is 0 Å². The highest BCUT2D eigenvalue weighted by molar-refractivity contribution is 5.48. The van der Waals surface area contributed by atoms with Crippen LogP contribution < -0.4 is 5.73 Å². The monoisotopic (exact) mass is 254 g/mol. The molecule has 98 valence electrons. The van der Waals surface area contributed by atoms with E-state index in [1.165, 1.54) is 0 Å². The summed E-state index contributed by atoms with van der Waals surface area (Å²) in [5.74, 6) is 0.329. The van der Waals surface area contributed by atoms with Gasteiger partial charge >= 0.3 is 0 Å². The highest BCUT2D eigenvalue weighted by Gasteiger charge is 2.17. The molecule has 0 aliphatic heterocycles. The zero-order valence-corrected chi connectivity index (χ0v) is 11.5. The quantitative estimate of drug-likeness (QED) is 0.915. The molecule has 0 saturated heterocycles. The van der Waals surface area contributed by atoms with Gasteiger partial charge in [0.15, 0.2) is 0 Å². The topological polar surface area (TPSA) is 67.6 Å². The summed E-state index contributed by atoms with van der Waals surface area (Å²) in [6.45, 7) is 6.18. The van der Waals surface area contributed by atoms with E-state index in [-0.39, 0.29) is 6.04 Å². The van der Waals surface area contributed by atoms with Crippen LogP contribution in [0.4, 0.5) is 0 Å². The minimum Gasteiger partial charge on any atom is -0.322 e. The maximum Gasteiger partial charge on any atom is 0.0994 e. The van der Waals surface area contributed by atoms with E-state index in [1.54, 1.807) is 12.5 Å². The van der Waals surface area contributed by atoms with E-state index in [1.807, 2.05) is 29.7 Å². The van der Waals surface area contributed by atoms with Crippen molar-refractivity contribution < 1.29 is 0 Å². The van der Waals surface area contributed by atoms with Crippen molar-refractivity contribution in [3.05, 3.63) is 47.5 Å². The van der Waals surface area contributed by atoms with Gasteiger partial charge in [0.1, 0.15) is 0 Å². The molecule has 4 heteroatoms. The molecule has 4 nitrogen and oxygen atoms in total. The van der Waals surface area contributed by atoms with Crippen molar-refractivity contribution in [3.63, 3.8) is 0 Å². The molecule has 0 aliphatic carbocycles. The van der Waals surface area contributed by atoms with Crippen molar-refractivity contribution >= 4 is 0 Å². The Hall–Kier alpha value is -2.12. The van der Waals surface area contributed by atoms with Gasteiger partial charge in [-0.15, -0.1) is 0 Å². The normalized spacial score (nSPS) is 12.4. The molecular weight excluding hydrogens is 236 g/mol. The molecule has 1 aromatic carbocycles. The first-order chi connectivity index (χ1) is 9.04. The molecule has 2 N–H and O–H groups in total. The maximum atomic E-state index is 9.02. The van der Waals surface area contributed by atoms with E-state index in [0.29, 0.717) is 11.5 Å². The fraction of sp³-hybridized carbons (Fsp3) is 0.333. The Bertz CT molecular complexity index is 619. The van der Waals surface area contributed by atoms with Crippen LogP contribution in [-0.2, 0) is 0 Å². The number of aromatic nitrogens is 2. The molecule has 0 radical (unpaired) electrons. The lowest BCUT2D eigenvalue weighted by Gasteiger charge is -2.19. The Morgan fingerprint density at radius 3 is 2.74 bits per heavy atom. The standard InChI is InChI=1S/C15H18N4/c1-10(2)15(17)14-8-18-9-19(14)13-6-12(7-16)5-4-11(13)3/h4-6,8-10,15H,17H2,1-3H3. The second kappa shape index (κ2) is 5.25. The van der Waals surface area contributed by atoms with Crippen molar-refractivity contribution in [2.75, 3.05) is 0 Å². The van der Waals surface area contributed by atoms with Gasteiger partial charge in [-0.05, 0) is 30.5 Å². The molecule has 1 unspecified atom stereocenters. The number of aryl methyl sites for hydroxylation is 1. The Kier molecular flexibility index (Phi) is 3.68. The zero-order chi connectivity index (χ0) is 14.0. The number of benzene rings is 1. The number of nitrogens with two attached hydrogens (primary N) is 1. The largest absolute Gasteiger partial charge is 0.322 e. The number of nitriles is 1. The second-order valence-corrected chi connectivity index (χ2v) is 5.07. The van der Waals surface area contributed by atoms with Crippen LogP contribution in [0.2, 0.25) is 0 Å². The lowest BCUT2D eigenvalue weighted by molar-refractivity contribution is 0.497. The molecule has 0 amide bonds. The van der Waals surface area contributed by atoms with Crippen LogP contribution in [0.15, 0.2) is 30.7 Å². The summed E-state index contributed by atoms with van der Waals surface area (Å²) in [4.78, 5) is 4.20. The van der Waals surface area contributed by atoms with Gasteiger partial charge < -0.3 is 10.3 Å². The SMILES string of the molecule is Cc1ccc(C#N)cc1-n1cncc1C(N)C(C)C. The van der Waals surface area contributed by atoms with Crippen LogP contribution in [0.5, 0.6) is 0 Å². The van der Waals surface area contributed by atoms with Crippen molar-refractivity contribution in [3.8, 4) is 11.8 Å². The molecular formula is C15H18N4. The molecule has 0 fully saturated rings. The maximum absolute atomic E-state index is 9.02. The van der Waals surface area contributed by atoms with E-state index in [9.17, 15) is 0 Å². The summed E-state index contributed by atoms with van der Waals surface area (Å²) < 4.78 is 1.97. The summed E-state index contributed by atoms with van der Waals surface area (Å²) in [6, 6.07) is 7.72. The van der Waals surface area contributed by atoms with E-state index in [0.717, 1.165) is 16.9 Å². The molecule has 0 saturated carbocycles. The van der Waals surface area contributed by atoms with E-state index in [4.69, 9.17) is 11.0 Å². The number of hydrogen-bond acceptors (Lipinski definition) is 3. The molecule has 19 heavy (non-hydrogen) atoms. The third-order valence-electron chi connectivity index (χ3n) is 3.32. The summed E-state index contributed by atoms with van der Waals surface area (Å²) in [7, 11) is 0. The third-order valence-corrected chi connectivity index (χ3v) is 3.32. The number of hydrogen-bond donors (Lipinski definition) is 1. The predicted octanol–water partition coefficient (Wildman–Crippen LogP) is 2.71. The van der Waals surface area contributed by atoms with E-state index < -0.39 is 0 Å². The fourth-order valence-corrected chi connectivity index (χ4v) is 2.03. The summed E-state index contributed by atoms with van der Waals surface area (Å²) in [5, 5.41) is 9.02. The molecule has 0 aliphatic rings. The number of rotatable bonds is 3. The average Bonchev–Trinajstić information content (AvgIpc) is 2.87. The van der Waals surface area contributed by atoms with Gasteiger partial charge in [0.25, 0.3) is 0 Å². The average molecular weight is 254 g/mol. The molecule has 0 spiro atoms. The molecule has 1 atom stereocenters. The molecule has 1 aromatic heterocycles. The summed E-state index contributed by atoms with van der Waals surface area (Å²) >= 11 is 0. The number of imidazole rings is 1. The van der Waals surface area contributed by atoms with Gasteiger partial charge in [0, 0.05) is 6.04 Å². The minimum atomic E-state index is -0.0763. The molecule has 1 heterocycles. The van der Waals surface area contributed by atoms with Gasteiger partial charge in [0.2, 0.25) is 0 Å². The second-order valence-electron chi connectivity index (χ2n) is 5.07. The van der Waals surface area contributed by atoms with Gasteiger partial charge in [-0.1, -0.05) is 19.9 Å². The van der Waals surface area contributed by atoms with Crippen molar-refractivity contribution in [1.29, 1.82) is 5.26 Å². The summed E-state index contributed by atoms with van der Waals surface area (Å²) in [6.07, 6.45) is 3.55. The smallest absolute Gasteiger partial charge is 0.0994 e. The molecule has 2 rings (SSSR count).